The van der Waals surface area contributed by atoms with Crippen molar-refractivity contribution in [3.05, 3.63) is 58.7 Å². The number of benzene rings is 2. The Morgan fingerprint density at radius 2 is 0.559 bits per heavy atom. The number of rotatable bonds is 2. The Morgan fingerprint density at radius 3 is 0.735 bits per heavy atom. The van der Waals surface area contributed by atoms with Crippen LogP contribution in [-0.4, -0.2) is 20.4 Å². The monoisotopic (exact) mass is 506 g/mol. The van der Waals surface area contributed by atoms with Gasteiger partial charge in [0.25, 0.3) is 0 Å². The van der Waals surface area contributed by atoms with Crippen LogP contribution in [0.25, 0.3) is 22.8 Å². The fourth-order valence-corrected chi connectivity index (χ4v) is 2.63. The van der Waals surface area contributed by atoms with Crippen molar-refractivity contribution in [2.45, 2.75) is 24.7 Å². The molecule has 0 aliphatic heterocycles. The van der Waals surface area contributed by atoms with E-state index in [1.165, 1.54) is 0 Å². The van der Waals surface area contributed by atoms with Crippen molar-refractivity contribution in [2.75, 3.05) is 0 Å². The molecule has 0 saturated heterocycles. The van der Waals surface area contributed by atoms with Crippen LogP contribution in [0.5, 0.6) is 0 Å². The molecular weight excluding hydrogens is 500 g/mol. The van der Waals surface area contributed by atoms with E-state index < -0.39 is 69.7 Å². The van der Waals surface area contributed by atoms with Gasteiger partial charge in [-0.1, -0.05) is 0 Å². The van der Waals surface area contributed by atoms with E-state index in [0.29, 0.717) is 0 Å². The van der Waals surface area contributed by atoms with E-state index in [-0.39, 0.29) is 36.4 Å². The zero-order valence-corrected chi connectivity index (χ0v) is 15.8. The fourth-order valence-electron chi connectivity index (χ4n) is 2.63. The van der Waals surface area contributed by atoms with Gasteiger partial charge in [0.2, 0.25) is 11.6 Å². The van der Waals surface area contributed by atoms with E-state index in [1.54, 1.807) is 0 Å². The highest BCUT2D eigenvalue weighted by Crippen LogP contribution is 2.39. The molecule has 0 aliphatic rings. The van der Waals surface area contributed by atoms with Gasteiger partial charge in [0.15, 0.2) is 0 Å². The first kappa shape index (κ1) is 25.2. The minimum absolute atomic E-state index is 0.167. The second kappa shape index (κ2) is 8.09. The quantitative estimate of drug-likeness (QED) is 0.364. The third-order valence-corrected chi connectivity index (χ3v) is 4.17. The standard InChI is InChI=1S/C18H6F12N4/c19-15(20,21)9-1-7(2-10(5-9)16(22,23)24)13-31-33-14(34-32-13)8-3-11(17(25,26)27)6-12(4-8)18(28,29)30/h1-6H. The predicted molar refractivity (Wildman–Crippen MR) is 88.5 cm³/mol. The molecule has 1 heterocycles. The summed E-state index contributed by atoms with van der Waals surface area (Å²) in [7, 11) is 0. The first-order valence-corrected chi connectivity index (χ1v) is 8.53. The first-order valence-electron chi connectivity index (χ1n) is 8.53. The van der Waals surface area contributed by atoms with Crippen LogP contribution in [0.3, 0.4) is 0 Å². The molecule has 16 heteroatoms. The molecule has 34 heavy (non-hydrogen) atoms. The summed E-state index contributed by atoms with van der Waals surface area (Å²) in [5.41, 5.74) is -8.52. The fraction of sp³-hybridized carbons (Fsp3) is 0.222. The molecule has 0 fully saturated rings. The Bertz CT molecular complexity index is 1030. The average Bonchev–Trinajstić information content (AvgIpc) is 2.70. The largest absolute Gasteiger partial charge is 0.416 e. The Hall–Kier alpha value is -3.46. The molecule has 4 nitrogen and oxygen atoms in total. The van der Waals surface area contributed by atoms with Crippen molar-refractivity contribution in [1.82, 2.24) is 20.4 Å². The van der Waals surface area contributed by atoms with Crippen molar-refractivity contribution in [3.8, 4) is 22.8 Å². The van der Waals surface area contributed by atoms with E-state index in [0.717, 1.165) is 0 Å². The van der Waals surface area contributed by atoms with Gasteiger partial charge >= 0.3 is 24.7 Å². The maximum absolute atomic E-state index is 13.0. The van der Waals surface area contributed by atoms with Crippen LogP contribution < -0.4 is 0 Å². The van der Waals surface area contributed by atoms with Crippen LogP contribution in [0.4, 0.5) is 52.7 Å². The number of halogens is 12. The van der Waals surface area contributed by atoms with E-state index >= 15 is 0 Å². The topological polar surface area (TPSA) is 51.6 Å². The predicted octanol–water partition coefficient (Wildman–Crippen LogP) is 6.68. The van der Waals surface area contributed by atoms with E-state index in [9.17, 15) is 52.7 Å². The molecule has 3 aromatic rings. The lowest BCUT2D eigenvalue weighted by atomic mass is 10.0. The summed E-state index contributed by atoms with van der Waals surface area (Å²) in [6.45, 7) is 0. The van der Waals surface area contributed by atoms with Crippen LogP contribution in [0, 0.1) is 0 Å². The number of hydrogen-bond acceptors (Lipinski definition) is 4. The summed E-state index contributed by atoms with van der Waals surface area (Å²) in [4.78, 5) is 0. The molecular formula is C18H6F12N4. The zero-order valence-electron chi connectivity index (χ0n) is 15.8. The minimum atomic E-state index is -5.19. The second-order valence-corrected chi connectivity index (χ2v) is 6.64. The van der Waals surface area contributed by atoms with Crippen molar-refractivity contribution in [1.29, 1.82) is 0 Å². The summed E-state index contributed by atoms with van der Waals surface area (Å²) in [6.07, 6.45) is -20.8. The number of nitrogens with zero attached hydrogens (tertiary/aromatic N) is 4. The smallest absolute Gasteiger partial charge is 0.166 e. The third-order valence-electron chi connectivity index (χ3n) is 4.17. The van der Waals surface area contributed by atoms with Crippen LogP contribution in [0.2, 0.25) is 0 Å². The summed E-state index contributed by atoms with van der Waals surface area (Å²) in [6, 6.07) is 0.665. The van der Waals surface area contributed by atoms with Crippen molar-refractivity contribution >= 4 is 0 Å². The Kier molecular flexibility index (Phi) is 5.99. The van der Waals surface area contributed by atoms with Crippen molar-refractivity contribution in [3.63, 3.8) is 0 Å². The van der Waals surface area contributed by atoms with Gasteiger partial charge in [0, 0.05) is 11.1 Å². The van der Waals surface area contributed by atoms with Gasteiger partial charge in [0.1, 0.15) is 0 Å². The van der Waals surface area contributed by atoms with E-state index in [1.807, 2.05) is 0 Å². The number of hydrogen-bond donors (Lipinski definition) is 0. The number of aromatic nitrogens is 4. The Morgan fingerprint density at radius 1 is 0.353 bits per heavy atom. The lowest BCUT2D eigenvalue weighted by molar-refractivity contribution is -0.144. The number of alkyl halides is 12. The maximum atomic E-state index is 13.0. The van der Waals surface area contributed by atoms with Gasteiger partial charge in [-0.25, -0.2) is 0 Å². The van der Waals surface area contributed by atoms with Crippen molar-refractivity contribution in [2.24, 2.45) is 0 Å². The molecule has 182 valence electrons. The van der Waals surface area contributed by atoms with Crippen LogP contribution in [-0.2, 0) is 24.7 Å². The minimum Gasteiger partial charge on any atom is -0.166 e. The van der Waals surface area contributed by atoms with E-state index in [4.69, 9.17) is 0 Å². The van der Waals surface area contributed by atoms with Crippen LogP contribution in [0.15, 0.2) is 36.4 Å². The molecule has 0 atom stereocenters. The van der Waals surface area contributed by atoms with E-state index in [2.05, 4.69) is 20.4 Å². The highest BCUT2D eigenvalue weighted by Gasteiger charge is 2.38. The SMILES string of the molecule is FC(F)(F)c1cc(-c2nnc(-c3cc(C(F)(F)F)cc(C(F)(F)F)c3)nn2)cc(C(F)(F)F)c1. The molecule has 0 N–H and O–H groups in total. The molecule has 0 unspecified atom stereocenters. The summed E-state index contributed by atoms with van der Waals surface area (Å²) >= 11 is 0. The molecule has 0 radical (unpaired) electrons. The normalized spacial score (nSPS) is 13.3. The first-order chi connectivity index (χ1) is 15.4. The lowest BCUT2D eigenvalue weighted by Gasteiger charge is -2.14. The second-order valence-electron chi connectivity index (χ2n) is 6.64. The van der Waals surface area contributed by atoms with Gasteiger partial charge in [-0.05, 0) is 36.4 Å². The zero-order chi connectivity index (χ0) is 25.7. The summed E-state index contributed by atoms with van der Waals surface area (Å²) < 4.78 is 156. The third kappa shape index (κ3) is 5.53. The lowest BCUT2D eigenvalue weighted by Crippen LogP contribution is -2.12. The molecule has 0 spiro atoms. The average molecular weight is 506 g/mol. The Balaban J connectivity index is 2.10. The maximum Gasteiger partial charge on any atom is 0.416 e. The van der Waals surface area contributed by atoms with Gasteiger partial charge in [-0.2, -0.15) is 52.7 Å². The summed E-state index contributed by atoms with van der Waals surface area (Å²) in [5.74, 6) is -1.77. The van der Waals surface area contributed by atoms with Gasteiger partial charge in [-0.3, -0.25) is 0 Å². The molecule has 0 aliphatic carbocycles. The van der Waals surface area contributed by atoms with Gasteiger partial charge in [0.05, 0.1) is 22.3 Å². The molecule has 0 bridgehead atoms. The Labute approximate surface area is 180 Å². The molecule has 0 saturated carbocycles. The molecule has 1 aromatic heterocycles. The molecule has 0 amide bonds. The van der Waals surface area contributed by atoms with Crippen molar-refractivity contribution < 1.29 is 52.7 Å². The molecule has 3 rings (SSSR count). The highest BCUT2D eigenvalue weighted by molar-refractivity contribution is 5.60. The van der Waals surface area contributed by atoms with Crippen LogP contribution >= 0.6 is 0 Å². The summed E-state index contributed by atoms with van der Waals surface area (Å²) in [5, 5.41) is 12.9. The van der Waals surface area contributed by atoms with Crippen LogP contribution in [0.1, 0.15) is 22.3 Å². The van der Waals surface area contributed by atoms with Gasteiger partial charge in [-0.15, -0.1) is 20.4 Å². The highest BCUT2D eigenvalue weighted by atomic mass is 19.4. The van der Waals surface area contributed by atoms with Gasteiger partial charge < -0.3 is 0 Å². The molecule has 2 aromatic carbocycles.